The lowest BCUT2D eigenvalue weighted by molar-refractivity contribution is 0.434. The molecule has 0 saturated heterocycles. The Morgan fingerprint density at radius 3 is 2.64 bits per heavy atom. The van der Waals surface area contributed by atoms with Gasteiger partial charge in [0.1, 0.15) is 0 Å². The van der Waals surface area contributed by atoms with Crippen LogP contribution in [0.25, 0.3) is 0 Å². The smallest absolute Gasteiger partial charge is 0.262 e. The number of sulfonamides is 1. The predicted octanol–water partition coefficient (Wildman–Crippen LogP) is 3.76. The summed E-state index contributed by atoms with van der Waals surface area (Å²) in [5, 5.41) is 4.56. The van der Waals surface area contributed by atoms with Gasteiger partial charge in [-0.05, 0) is 55.4 Å². The van der Waals surface area contributed by atoms with Crippen LogP contribution in [-0.4, -0.2) is 18.2 Å². The Labute approximate surface area is 149 Å². The van der Waals surface area contributed by atoms with Gasteiger partial charge in [-0.1, -0.05) is 25.3 Å². The summed E-state index contributed by atoms with van der Waals surface area (Å²) < 4.78 is 30.3. The van der Waals surface area contributed by atoms with Crippen molar-refractivity contribution < 1.29 is 8.42 Å². The minimum Gasteiger partial charge on any atom is -0.276 e. The summed E-state index contributed by atoms with van der Waals surface area (Å²) in [5.74, 6) is 0.354. The van der Waals surface area contributed by atoms with Gasteiger partial charge in [0.15, 0.2) is 0 Å². The first-order chi connectivity index (χ1) is 12.0. The van der Waals surface area contributed by atoms with Crippen molar-refractivity contribution in [3.05, 3.63) is 41.2 Å². The molecule has 25 heavy (non-hydrogen) atoms. The number of aromatic nitrogens is 2. The fourth-order valence-corrected chi connectivity index (χ4v) is 5.29. The highest BCUT2D eigenvalue weighted by Gasteiger charge is 2.25. The third-order valence-corrected chi connectivity index (χ3v) is 6.84. The van der Waals surface area contributed by atoms with Crippen molar-refractivity contribution in [3.8, 4) is 0 Å². The van der Waals surface area contributed by atoms with Crippen LogP contribution in [-0.2, 0) is 29.9 Å². The summed E-state index contributed by atoms with van der Waals surface area (Å²) in [7, 11) is -1.74. The number of aryl methyl sites for hydroxylation is 3. The second-order valence-corrected chi connectivity index (χ2v) is 9.01. The van der Waals surface area contributed by atoms with E-state index in [4.69, 9.17) is 0 Å². The Kier molecular flexibility index (Phi) is 4.31. The molecule has 1 aromatic heterocycles. The number of fused-ring (bicyclic) bond motifs is 1. The molecular formula is C19H25N3O2S. The Hall–Kier alpha value is -1.82. The number of hydrogen-bond donors (Lipinski definition) is 1. The van der Waals surface area contributed by atoms with Gasteiger partial charge in [-0.3, -0.25) is 9.40 Å². The summed E-state index contributed by atoms with van der Waals surface area (Å²) in [5.41, 5.74) is 3.98. The van der Waals surface area contributed by atoms with E-state index in [1.165, 1.54) is 30.4 Å². The number of nitrogens with zero attached hydrogens (tertiary/aromatic N) is 2. The van der Waals surface area contributed by atoms with Crippen molar-refractivity contribution in [1.82, 2.24) is 9.78 Å². The van der Waals surface area contributed by atoms with E-state index in [2.05, 4.69) is 9.82 Å². The molecule has 134 valence electrons. The fourth-order valence-electron chi connectivity index (χ4n) is 4.18. The number of anilines is 1. The SMILES string of the molecule is Cn1cc(NS(=O)(=O)c2ccc3c(c2)CCC3)c(C2CCCCC2)n1. The van der Waals surface area contributed by atoms with Gasteiger partial charge < -0.3 is 0 Å². The van der Waals surface area contributed by atoms with Crippen LogP contribution >= 0.6 is 0 Å². The molecule has 1 N–H and O–H groups in total. The highest BCUT2D eigenvalue weighted by atomic mass is 32.2. The van der Waals surface area contributed by atoms with Crippen molar-refractivity contribution in [1.29, 1.82) is 0 Å². The maximum atomic E-state index is 12.9. The first kappa shape index (κ1) is 16.6. The second kappa shape index (κ2) is 6.48. The minimum atomic E-state index is -3.59. The molecule has 4 rings (SSSR count). The molecule has 0 amide bonds. The molecule has 0 atom stereocenters. The lowest BCUT2D eigenvalue weighted by Crippen LogP contribution is -2.15. The normalized spacial score (nSPS) is 18.3. The van der Waals surface area contributed by atoms with E-state index in [-0.39, 0.29) is 0 Å². The van der Waals surface area contributed by atoms with Gasteiger partial charge in [-0.15, -0.1) is 0 Å². The molecule has 0 bridgehead atoms. The van der Waals surface area contributed by atoms with Crippen molar-refractivity contribution >= 4 is 15.7 Å². The van der Waals surface area contributed by atoms with Crippen LogP contribution < -0.4 is 4.72 Å². The van der Waals surface area contributed by atoms with Crippen molar-refractivity contribution in [2.45, 2.75) is 62.2 Å². The molecule has 1 heterocycles. The fraction of sp³-hybridized carbons (Fsp3) is 0.526. The average Bonchev–Trinajstić information content (AvgIpc) is 3.21. The van der Waals surface area contributed by atoms with Crippen LogP contribution in [0.3, 0.4) is 0 Å². The zero-order valence-electron chi connectivity index (χ0n) is 14.7. The lowest BCUT2D eigenvalue weighted by atomic mass is 9.86. The summed E-state index contributed by atoms with van der Waals surface area (Å²) in [6.45, 7) is 0. The monoisotopic (exact) mass is 359 g/mol. The standard InChI is InChI=1S/C19H25N3O2S/c1-22-13-18(19(20-22)15-6-3-2-4-7-15)21-25(23,24)17-11-10-14-8-5-9-16(14)12-17/h10-13,15,21H,2-9H2,1H3. The van der Waals surface area contributed by atoms with Gasteiger partial charge in [0, 0.05) is 19.2 Å². The topological polar surface area (TPSA) is 64.0 Å². The van der Waals surface area contributed by atoms with E-state index in [0.29, 0.717) is 16.5 Å². The minimum absolute atomic E-state index is 0.353. The van der Waals surface area contributed by atoms with Crippen LogP contribution in [0, 0.1) is 0 Å². The third-order valence-electron chi connectivity index (χ3n) is 5.47. The Balaban J connectivity index is 1.63. The molecule has 0 unspecified atom stereocenters. The Bertz CT molecular complexity index is 880. The third kappa shape index (κ3) is 3.32. The molecule has 0 aliphatic heterocycles. The first-order valence-corrected chi connectivity index (χ1v) is 10.7. The molecule has 5 nitrogen and oxygen atoms in total. The molecule has 0 spiro atoms. The zero-order chi connectivity index (χ0) is 17.4. The molecule has 2 aliphatic rings. The van der Waals surface area contributed by atoms with Crippen molar-refractivity contribution in [2.24, 2.45) is 7.05 Å². The van der Waals surface area contributed by atoms with E-state index in [0.717, 1.165) is 37.8 Å². The van der Waals surface area contributed by atoms with Crippen molar-refractivity contribution in [3.63, 3.8) is 0 Å². The summed E-state index contributed by atoms with van der Waals surface area (Å²) in [4.78, 5) is 0.353. The van der Waals surface area contributed by atoms with E-state index in [1.807, 2.05) is 19.2 Å². The highest BCUT2D eigenvalue weighted by molar-refractivity contribution is 7.92. The van der Waals surface area contributed by atoms with Crippen molar-refractivity contribution in [2.75, 3.05) is 4.72 Å². The van der Waals surface area contributed by atoms with Crippen LogP contribution in [0.2, 0.25) is 0 Å². The summed E-state index contributed by atoms with van der Waals surface area (Å²) in [6, 6.07) is 5.52. The predicted molar refractivity (Wildman–Crippen MR) is 98.3 cm³/mol. The molecular weight excluding hydrogens is 334 g/mol. The van der Waals surface area contributed by atoms with Crippen LogP contribution in [0.4, 0.5) is 5.69 Å². The molecule has 0 radical (unpaired) electrons. The Morgan fingerprint density at radius 2 is 1.84 bits per heavy atom. The second-order valence-electron chi connectivity index (χ2n) is 7.33. The molecule has 1 fully saturated rings. The molecule has 1 saturated carbocycles. The quantitative estimate of drug-likeness (QED) is 0.904. The molecule has 2 aliphatic carbocycles. The number of nitrogens with one attached hydrogen (secondary N) is 1. The summed E-state index contributed by atoms with van der Waals surface area (Å²) in [6.07, 6.45) is 10.7. The number of benzene rings is 1. The van der Waals surface area contributed by atoms with Crippen LogP contribution in [0.1, 0.15) is 61.3 Å². The van der Waals surface area contributed by atoms with Gasteiger partial charge in [0.25, 0.3) is 10.0 Å². The molecule has 1 aromatic carbocycles. The maximum absolute atomic E-state index is 12.9. The van der Waals surface area contributed by atoms with Crippen LogP contribution in [0.15, 0.2) is 29.3 Å². The maximum Gasteiger partial charge on any atom is 0.262 e. The van der Waals surface area contributed by atoms with E-state index < -0.39 is 10.0 Å². The van der Waals surface area contributed by atoms with E-state index >= 15 is 0 Å². The summed E-state index contributed by atoms with van der Waals surface area (Å²) >= 11 is 0. The molecule has 2 aromatic rings. The first-order valence-electron chi connectivity index (χ1n) is 9.21. The zero-order valence-corrected chi connectivity index (χ0v) is 15.5. The van der Waals surface area contributed by atoms with Gasteiger partial charge in [0.05, 0.1) is 16.3 Å². The lowest BCUT2D eigenvalue weighted by Gasteiger charge is -2.21. The Morgan fingerprint density at radius 1 is 1.08 bits per heavy atom. The largest absolute Gasteiger partial charge is 0.276 e. The van der Waals surface area contributed by atoms with Gasteiger partial charge >= 0.3 is 0 Å². The van der Waals surface area contributed by atoms with E-state index in [1.54, 1.807) is 16.9 Å². The van der Waals surface area contributed by atoms with Crippen LogP contribution in [0.5, 0.6) is 0 Å². The highest BCUT2D eigenvalue weighted by Crippen LogP contribution is 2.36. The number of hydrogen-bond acceptors (Lipinski definition) is 3. The van der Waals surface area contributed by atoms with E-state index in [9.17, 15) is 8.42 Å². The van der Waals surface area contributed by atoms with Gasteiger partial charge in [0.2, 0.25) is 0 Å². The average molecular weight is 359 g/mol. The van der Waals surface area contributed by atoms with Gasteiger partial charge in [-0.2, -0.15) is 5.10 Å². The van der Waals surface area contributed by atoms with Gasteiger partial charge in [-0.25, -0.2) is 8.42 Å². The number of rotatable bonds is 4. The molecule has 6 heteroatoms.